The summed E-state index contributed by atoms with van der Waals surface area (Å²) < 4.78 is 1.95. The van der Waals surface area contributed by atoms with Crippen LogP contribution in [-0.4, -0.2) is 63.9 Å². The van der Waals surface area contributed by atoms with Crippen molar-refractivity contribution in [3.63, 3.8) is 0 Å². The second-order valence-electron chi connectivity index (χ2n) is 10.5. The molecule has 3 aliphatic heterocycles. The first kappa shape index (κ1) is 23.4. The number of hydrogen-bond acceptors (Lipinski definition) is 5. The highest BCUT2D eigenvalue weighted by atomic mass is 16.2. The molecule has 4 unspecified atom stereocenters. The number of piperidine rings is 3. The molecule has 3 fully saturated rings. The largest absolute Gasteiger partial charge is 0.355 e. The molecule has 0 radical (unpaired) electrons. The maximum Gasteiger partial charge on any atom is 0.224 e. The fourth-order valence-electron chi connectivity index (χ4n) is 5.06. The van der Waals surface area contributed by atoms with Gasteiger partial charge >= 0.3 is 0 Å². The zero-order valence-electron chi connectivity index (χ0n) is 20.2. The fraction of sp³-hybridized carbons (Fsp3) is 0.600. The lowest BCUT2D eigenvalue weighted by Gasteiger charge is -2.49. The first-order chi connectivity index (χ1) is 15.7. The van der Waals surface area contributed by atoms with Gasteiger partial charge in [-0.05, 0) is 36.3 Å². The summed E-state index contributed by atoms with van der Waals surface area (Å²) in [6, 6.07) is 8.96. The molecule has 0 aliphatic carbocycles. The zero-order valence-corrected chi connectivity index (χ0v) is 20.2. The summed E-state index contributed by atoms with van der Waals surface area (Å²) in [6.45, 7) is 11.7. The summed E-state index contributed by atoms with van der Waals surface area (Å²) in [5, 5.41) is 14.5. The van der Waals surface area contributed by atoms with Crippen LogP contribution in [-0.2, 0) is 21.5 Å². The molecule has 8 nitrogen and oxygen atoms in total. The summed E-state index contributed by atoms with van der Waals surface area (Å²) in [7, 11) is 0. The fourth-order valence-corrected chi connectivity index (χ4v) is 5.06. The Bertz CT molecular complexity index is 978. The number of carbonyl (C=O) groups is 2. The standard InChI is InChI=1S/C25H36N6O2/c1-17(32)26-10-11-27-24(33)22-15-30-12-9-19(22)13-21(30)14-31-16-23(28-29-31)18-5-7-20(8-6-18)25(2,3)4/h5-8,16,19,21-22H,9-15H2,1-4H3,(H,26,32)(H,27,33). The van der Waals surface area contributed by atoms with Gasteiger partial charge < -0.3 is 10.6 Å². The predicted molar refractivity (Wildman–Crippen MR) is 127 cm³/mol. The van der Waals surface area contributed by atoms with Gasteiger partial charge in [-0.2, -0.15) is 0 Å². The van der Waals surface area contributed by atoms with Crippen LogP contribution in [0.5, 0.6) is 0 Å². The van der Waals surface area contributed by atoms with Crippen molar-refractivity contribution < 1.29 is 9.59 Å². The third-order valence-electron chi connectivity index (χ3n) is 7.00. The van der Waals surface area contributed by atoms with E-state index in [-0.39, 0.29) is 23.1 Å². The highest BCUT2D eigenvalue weighted by molar-refractivity contribution is 5.79. The third kappa shape index (κ3) is 5.61. The molecule has 0 saturated carbocycles. The zero-order chi connectivity index (χ0) is 23.6. The van der Waals surface area contributed by atoms with E-state index in [1.165, 1.54) is 12.5 Å². The second kappa shape index (κ2) is 9.63. The lowest BCUT2D eigenvalue weighted by molar-refractivity contribution is -0.133. The molecule has 1 aromatic heterocycles. The molecule has 0 spiro atoms. The molecule has 4 heterocycles. The molecular formula is C25H36N6O2. The molecular weight excluding hydrogens is 416 g/mol. The van der Waals surface area contributed by atoms with E-state index in [9.17, 15) is 9.59 Å². The summed E-state index contributed by atoms with van der Waals surface area (Å²) >= 11 is 0. The summed E-state index contributed by atoms with van der Waals surface area (Å²) in [5.41, 5.74) is 3.40. The monoisotopic (exact) mass is 452 g/mol. The normalized spacial score (nSPS) is 24.5. The average Bonchev–Trinajstić information content (AvgIpc) is 3.25. The quantitative estimate of drug-likeness (QED) is 0.629. The van der Waals surface area contributed by atoms with E-state index in [4.69, 9.17) is 0 Å². The summed E-state index contributed by atoms with van der Waals surface area (Å²) in [6.07, 6.45) is 4.09. The van der Waals surface area contributed by atoms with Crippen LogP contribution in [0.15, 0.2) is 30.5 Å². The van der Waals surface area contributed by atoms with Gasteiger partial charge in [-0.15, -0.1) is 5.10 Å². The Morgan fingerprint density at radius 2 is 1.85 bits per heavy atom. The van der Waals surface area contributed by atoms with Gasteiger partial charge in [-0.3, -0.25) is 19.2 Å². The number of nitrogens with one attached hydrogen (secondary N) is 2. The molecule has 178 valence electrons. The van der Waals surface area contributed by atoms with Crippen molar-refractivity contribution in [2.75, 3.05) is 26.2 Å². The number of nitrogens with zero attached hydrogens (tertiary/aromatic N) is 4. The molecule has 33 heavy (non-hydrogen) atoms. The lowest BCUT2D eigenvalue weighted by Crippen LogP contribution is -2.58. The molecule has 3 aliphatic rings. The van der Waals surface area contributed by atoms with E-state index in [2.05, 4.69) is 70.9 Å². The third-order valence-corrected chi connectivity index (χ3v) is 7.00. The molecule has 2 bridgehead atoms. The van der Waals surface area contributed by atoms with E-state index in [1.54, 1.807) is 0 Å². The van der Waals surface area contributed by atoms with E-state index >= 15 is 0 Å². The Morgan fingerprint density at radius 3 is 2.48 bits per heavy atom. The van der Waals surface area contributed by atoms with Crippen LogP contribution >= 0.6 is 0 Å². The van der Waals surface area contributed by atoms with Crippen molar-refractivity contribution in [3.8, 4) is 11.3 Å². The number of rotatable bonds is 7. The Kier molecular flexibility index (Phi) is 6.83. The van der Waals surface area contributed by atoms with Gasteiger partial charge in [0.2, 0.25) is 11.8 Å². The van der Waals surface area contributed by atoms with Crippen molar-refractivity contribution in [1.29, 1.82) is 0 Å². The van der Waals surface area contributed by atoms with Crippen molar-refractivity contribution in [2.45, 2.75) is 58.5 Å². The van der Waals surface area contributed by atoms with Gasteiger partial charge in [0, 0.05) is 38.2 Å². The number of benzene rings is 1. The van der Waals surface area contributed by atoms with Gasteiger partial charge in [0.1, 0.15) is 5.69 Å². The molecule has 2 aromatic rings. The van der Waals surface area contributed by atoms with Gasteiger partial charge in [0.25, 0.3) is 0 Å². The number of amides is 2. The Hall–Kier alpha value is -2.74. The molecule has 3 saturated heterocycles. The molecule has 2 N–H and O–H groups in total. The maximum absolute atomic E-state index is 12.7. The van der Waals surface area contributed by atoms with E-state index in [1.807, 2.05) is 10.9 Å². The Labute approximate surface area is 196 Å². The highest BCUT2D eigenvalue weighted by Crippen LogP contribution is 2.37. The van der Waals surface area contributed by atoms with Crippen molar-refractivity contribution in [1.82, 2.24) is 30.5 Å². The average molecular weight is 453 g/mol. The number of aromatic nitrogens is 3. The smallest absolute Gasteiger partial charge is 0.224 e. The minimum Gasteiger partial charge on any atom is -0.355 e. The van der Waals surface area contributed by atoms with E-state index in [0.29, 0.717) is 25.0 Å². The Morgan fingerprint density at radius 1 is 1.12 bits per heavy atom. The van der Waals surface area contributed by atoms with Gasteiger partial charge in [-0.1, -0.05) is 50.3 Å². The molecule has 1 aromatic carbocycles. The van der Waals surface area contributed by atoms with Crippen LogP contribution in [0, 0.1) is 11.8 Å². The molecule has 5 rings (SSSR count). The van der Waals surface area contributed by atoms with Crippen molar-refractivity contribution in [3.05, 3.63) is 36.0 Å². The van der Waals surface area contributed by atoms with Crippen LogP contribution in [0.3, 0.4) is 0 Å². The lowest BCUT2D eigenvalue weighted by atomic mass is 9.75. The van der Waals surface area contributed by atoms with E-state index in [0.717, 1.165) is 43.7 Å². The van der Waals surface area contributed by atoms with Crippen LogP contribution in [0.4, 0.5) is 0 Å². The van der Waals surface area contributed by atoms with Gasteiger partial charge in [-0.25, -0.2) is 0 Å². The van der Waals surface area contributed by atoms with E-state index < -0.39 is 0 Å². The highest BCUT2D eigenvalue weighted by Gasteiger charge is 2.43. The maximum atomic E-state index is 12.7. The van der Waals surface area contributed by atoms with Gasteiger partial charge in [0.05, 0.1) is 18.7 Å². The van der Waals surface area contributed by atoms with Crippen LogP contribution in [0.2, 0.25) is 0 Å². The molecule has 2 amide bonds. The summed E-state index contributed by atoms with van der Waals surface area (Å²) in [5.74, 6) is 0.456. The van der Waals surface area contributed by atoms with Crippen LogP contribution in [0.1, 0.15) is 46.1 Å². The molecule has 4 atom stereocenters. The van der Waals surface area contributed by atoms with Crippen molar-refractivity contribution >= 4 is 11.8 Å². The SMILES string of the molecule is CC(=O)NCCNC(=O)C1CN2CCC1CC2Cn1cc(-c2ccc(C(C)(C)C)cc2)nn1. The molecule has 8 heteroatoms. The van der Waals surface area contributed by atoms with Crippen LogP contribution < -0.4 is 10.6 Å². The van der Waals surface area contributed by atoms with Crippen LogP contribution in [0.25, 0.3) is 11.3 Å². The number of hydrogen-bond donors (Lipinski definition) is 2. The van der Waals surface area contributed by atoms with Gasteiger partial charge in [0.15, 0.2) is 0 Å². The number of carbonyl (C=O) groups excluding carboxylic acids is 2. The predicted octanol–water partition coefficient (Wildman–Crippen LogP) is 2.21. The van der Waals surface area contributed by atoms with Crippen molar-refractivity contribution in [2.24, 2.45) is 11.8 Å². The Balaban J connectivity index is 1.32. The second-order valence-corrected chi connectivity index (χ2v) is 10.5. The minimum absolute atomic E-state index is 0.0277. The minimum atomic E-state index is -0.0758. The first-order valence-corrected chi connectivity index (χ1v) is 12.0. The number of fused-ring (bicyclic) bond motifs is 3. The summed E-state index contributed by atoms with van der Waals surface area (Å²) in [4.78, 5) is 26.1. The topological polar surface area (TPSA) is 92.2 Å². The first-order valence-electron chi connectivity index (χ1n) is 12.0.